The second-order valence-corrected chi connectivity index (χ2v) is 6.53. The summed E-state index contributed by atoms with van der Waals surface area (Å²) < 4.78 is 0. The molecule has 1 aliphatic heterocycles. The Bertz CT molecular complexity index is 658. The highest BCUT2D eigenvalue weighted by molar-refractivity contribution is 6.05. The Balaban J connectivity index is 2.01. The molecule has 3 nitrogen and oxygen atoms in total. The van der Waals surface area contributed by atoms with E-state index >= 15 is 0 Å². The summed E-state index contributed by atoms with van der Waals surface area (Å²) in [4.78, 5) is 19.2. The molecule has 0 radical (unpaired) electrons. The normalized spacial score (nSPS) is 21.4. The molecule has 104 valence electrons. The fourth-order valence-electron chi connectivity index (χ4n) is 3.29. The zero-order chi connectivity index (χ0) is 14.3. The van der Waals surface area contributed by atoms with Crippen LogP contribution in [0.5, 0.6) is 0 Å². The Morgan fingerprint density at radius 3 is 2.75 bits per heavy atom. The van der Waals surface area contributed by atoms with Crippen molar-refractivity contribution in [2.75, 3.05) is 6.54 Å². The zero-order valence-electron chi connectivity index (χ0n) is 12.3. The molecule has 1 atom stereocenters. The highest BCUT2D eigenvalue weighted by atomic mass is 16.2. The first-order chi connectivity index (χ1) is 9.48. The highest BCUT2D eigenvalue weighted by Gasteiger charge is 2.38. The van der Waals surface area contributed by atoms with E-state index in [1.807, 2.05) is 35.2 Å². The summed E-state index contributed by atoms with van der Waals surface area (Å²) in [6, 6.07) is 10.0. The van der Waals surface area contributed by atoms with E-state index in [-0.39, 0.29) is 17.4 Å². The Morgan fingerprint density at radius 2 is 2.05 bits per heavy atom. The fourth-order valence-corrected chi connectivity index (χ4v) is 3.29. The monoisotopic (exact) mass is 268 g/mol. The zero-order valence-corrected chi connectivity index (χ0v) is 12.3. The van der Waals surface area contributed by atoms with E-state index in [2.05, 4.69) is 25.8 Å². The SMILES string of the molecule is CC1CC(C)(C)CN1C(=O)c1cccc2cccnc12. The van der Waals surface area contributed by atoms with Crippen molar-refractivity contribution in [2.45, 2.75) is 33.2 Å². The fraction of sp³-hybridized carbons (Fsp3) is 0.412. The number of amides is 1. The van der Waals surface area contributed by atoms with Crippen molar-refractivity contribution >= 4 is 16.8 Å². The molecule has 1 aromatic carbocycles. The van der Waals surface area contributed by atoms with Crippen LogP contribution in [0.2, 0.25) is 0 Å². The molecule has 0 spiro atoms. The second kappa shape index (κ2) is 4.58. The quantitative estimate of drug-likeness (QED) is 0.793. The summed E-state index contributed by atoms with van der Waals surface area (Å²) in [5.74, 6) is 0.104. The van der Waals surface area contributed by atoms with Gasteiger partial charge in [-0.25, -0.2) is 0 Å². The van der Waals surface area contributed by atoms with E-state index in [1.165, 1.54) is 0 Å². The number of pyridine rings is 1. The molecule has 0 bridgehead atoms. The number of likely N-dealkylation sites (tertiary alicyclic amines) is 1. The largest absolute Gasteiger partial charge is 0.335 e. The maximum atomic E-state index is 12.8. The number of para-hydroxylation sites is 1. The number of fused-ring (bicyclic) bond motifs is 1. The number of nitrogens with zero attached hydrogens (tertiary/aromatic N) is 2. The number of rotatable bonds is 1. The standard InChI is InChI=1S/C17H20N2O/c1-12-10-17(2,3)11-19(12)16(20)14-8-4-6-13-7-5-9-18-15(13)14/h4-9,12H,10-11H2,1-3H3. The van der Waals surface area contributed by atoms with Gasteiger partial charge in [0.2, 0.25) is 0 Å². The van der Waals surface area contributed by atoms with Gasteiger partial charge >= 0.3 is 0 Å². The third-order valence-corrected chi connectivity index (χ3v) is 4.10. The van der Waals surface area contributed by atoms with Gasteiger partial charge in [0.25, 0.3) is 5.91 Å². The van der Waals surface area contributed by atoms with E-state index < -0.39 is 0 Å². The lowest BCUT2D eigenvalue weighted by molar-refractivity contribution is 0.0738. The lowest BCUT2D eigenvalue weighted by Gasteiger charge is -2.23. The summed E-state index contributed by atoms with van der Waals surface area (Å²) >= 11 is 0. The Morgan fingerprint density at radius 1 is 1.30 bits per heavy atom. The van der Waals surface area contributed by atoms with Gasteiger partial charge in [-0.15, -0.1) is 0 Å². The van der Waals surface area contributed by atoms with Crippen LogP contribution in [0.1, 0.15) is 37.6 Å². The van der Waals surface area contributed by atoms with Crippen LogP contribution in [0.15, 0.2) is 36.5 Å². The Kier molecular flexibility index (Phi) is 3.00. The van der Waals surface area contributed by atoms with Crippen molar-refractivity contribution in [1.82, 2.24) is 9.88 Å². The maximum Gasteiger partial charge on any atom is 0.256 e. The van der Waals surface area contributed by atoms with Crippen LogP contribution in [-0.2, 0) is 0 Å². The molecule has 1 aliphatic rings. The van der Waals surface area contributed by atoms with Crippen LogP contribution < -0.4 is 0 Å². The smallest absolute Gasteiger partial charge is 0.256 e. The minimum Gasteiger partial charge on any atom is -0.335 e. The molecule has 2 heterocycles. The minimum absolute atomic E-state index is 0.104. The van der Waals surface area contributed by atoms with Gasteiger partial charge in [-0.1, -0.05) is 32.0 Å². The van der Waals surface area contributed by atoms with Gasteiger partial charge in [-0.05, 0) is 30.9 Å². The van der Waals surface area contributed by atoms with Gasteiger partial charge in [0.15, 0.2) is 0 Å². The number of aromatic nitrogens is 1. The topological polar surface area (TPSA) is 33.2 Å². The van der Waals surface area contributed by atoms with Crippen LogP contribution >= 0.6 is 0 Å². The summed E-state index contributed by atoms with van der Waals surface area (Å²) in [5.41, 5.74) is 1.72. The van der Waals surface area contributed by atoms with Crippen LogP contribution in [0.25, 0.3) is 10.9 Å². The minimum atomic E-state index is 0.104. The van der Waals surface area contributed by atoms with Gasteiger partial charge in [0, 0.05) is 24.2 Å². The molecule has 2 aromatic rings. The van der Waals surface area contributed by atoms with E-state index in [1.54, 1.807) is 6.20 Å². The second-order valence-electron chi connectivity index (χ2n) is 6.53. The van der Waals surface area contributed by atoms with Crippen molar-refractivity contribution in [3.05, 3.63) is 42.1 Å². The number of carbonyl (C=O) groups excluding carboxylic acids is 1. The van der Waals surface area contributed by atoms with Gasteiger partial charge in [-0.3, -0.25) is 9.78 Å². The van der Waals surface area contributed by atoms with Crippen molar-refractivity contribution in [1.29, 1.82) is 0 Å². The van der Waals surface area contributed by atoms with Crippen LogP contribution in [0.4, 0.5) is 0 Å². The predicted molar refractivity (Wildman–Crippen MR) is 80.6 cm³/mol. The van der Waals surface area contributed by atoms with E-state index in [0.29, 0.717) is 5.56 Å². The molecule has 1 unspecified atom stereocenters. The molecule has 1 fully saturated rings. The average Bonchev–Trinajstić information content (AvgIpc) is 2.70. The molecule has 3 heteroatoms. The average molecular weight is 268 g/mol. The van der Waals surface area contributed by atoms with Crippen LogP contribution in [-0.4, -0.2) is 28.4 Å². The van der Waals surface area contributed by atoms with Crippen molar-refractivity contribution in [3.63, 3.8) is 0 Å². The predicted octanol–water partition coefficient (Wildman–Crippen LogP) is 3.50. The molecular formula is C17H20N2O. The Hall–Kier alpha value is -1.90. The molecule has 1 aromatic heterocycles. The van der Waals surface area contributed by atoms with Gasteiger partial charge in [-0.2, -0.15) is 0 Å². The number of benzene rings is 1. The van der Waals surface area contributed by atoms with E-state index in [0.717, 1.165) is 23.9 Å². The maximum absolute atomic E-state index is 12.8. The number of carbonyl (C=O) groups is 1. The Labute approximate surface area is 119 Å². The molecule has 1 saturated heterocycles. The molecule has 3 rings (SSSR count). The lowest BCUT2D eigenvalue weighted by Crippen LogP contribution is -2.34. The third kappa shape index (κ3) is 2.17. The molecule has 20 heavy (non-hydrogen) atoms. The molecule has 1 amide bonds. The number of hydrogen-bond acceptors (Lipinski definition) is 2. The first-order valence-corrected chi connectivity index (χ1v) is 7.13. The summed E-state index contributed by atoms with van der Waals surface area (Å²) in [7, 11) is 0. The van der Waals surface area contributed by atoms with E-state index in [9.17, 15) is 4.79 Å². The van der Waals surface area contributed by atoms with Crippen LogP contribution in [0.3, 0.4) is 0 Å². The molecule has 0 N–H and O–H groups in total. The summed E-state index contributed by atoms with van der Waals surface area (Å²) in [6.45, 7) is 7.39. The summed E-state index contributed by atoms with van der Waals surface area (Å²) in [5, 5.41) is 1.02. The first kappa shape index (κ1) is 13.1. The molecule has 0 saturated carbocycles. The first-order valence-electron chi connectivity index (χ1n) is 7.13. The lowest BCUT2D eigenvalue weighted by atomic mass is 9.91. The summed E-state index contributed by atoms with van der Waals surface area (Å²) in [6.07, 6.45) is 2.80. The highest BCUT2D eigenvalue weighted by Crippen LogP contribution is 2.35. The van der Waals surface area contributed by atoms with Gasteiger partial charge in [0.1, 0.15) is 0 Å². The number of hydrogen-bond donors (Lipinski definition) is 0. The van der Waals surface area contributed by atoms with E-state index in [4.69, 9.17) is 0 Å². The molecular weight excluding hydrogens is 248 g/mol. The molecule has 0 aliphatic carbocycles. The van der Waals surface area contributed by atoms with Crippen molar-refractivity contribution in [3.8, 4) is 0 Å². The third-order valence-electron chi connectivity index (χ3n) is 4.10. The van der Waals surface area contributed by atoms with Crippen molar-refractivity contribution < 1.29 is 4.79 Å². The van der Waals surface area contributed by atoms with Gasteiger partial charge < -0.3 is 4.90 Å². The van der Waals surface area contributed by atoms with Crippen molar-refractivity contribution in [2.24, 2.45) is 5.41 Å². The van der Waals surface area contributed by atoms with Gasteiger partial charge in [0.05, 0.1) is 11.1 Å². The van der Waals surface area contributed by atoms with Crippen LogP contribution in [0, 0.1) is 5.41 Å².